The molecule has 1 aromatic rings. The Balaban J connectivity index is 2.13. The van der Waals surface area contributed by atoms with Crippen LogP contribution < -0.4 is 4.90 Å². The predicted octanol–water partition coefficient (Wildman–Crippen LogP) is 3.54. The van der Waals surface area contributed by atoms with E-state index in [9.17, 15) is 4.79 Å². The maximum Gasteiger partial charge on any atom is 0.335 e. The van der Waals surface area contributed by atoms with E-state index in [1.54, 1.807) is 12.1 Å². The highest BCUT2D eigenvalue weighted by molar-refractivity contribution is 5.88. The van der Waals surface area contributed by atoms with Crippen LogP contribution in [0.4, 0.5) is 5.69 Å². The van der Waals surface area contributed by atoms with E-state index in [0.29, 0.717) is 11.6 Å². The standard InChI is InChI=1S/C15H21NO2/c1-16(13-8-4-2-3-5-9-13)14-10-6-7-12(11-14)15(17)18/h6-7,10-11,13H,2-5,8-9H2,1H3,(H,17,18). The smallest absolute Gasteiger partial charge is 0.335 e. The van der Waals surface area contributed by atoms with Gasteiger partial charge < -0.3 is 10.0 Å². The molecule has 98 valence electrons. The number of carboxylic acids is 1. The molecule has 0 saturated heterocycles. The Bertz CT molecular complexity index is 409. The minimum atomic E-state index is -0.855. The molecule has 18 heavy (non-hydrogen) atoms. The van der Waals surface area contributed by atoms with E-state index >= 15 is 0 Å². The van der Waals surface area contributed by atoms with Crippen LogP contribution >= 0.6 is 0 Å². The van der Waals surface area contributed by atoms with Gasteiger partial charge in [-0.05, 0) is 31.0 Å². The summed E-state index contributed by atoms with van der Waals surface area (Å²) in [5.41, 5.74) is 1.38. The molecule has 1 N–H and O–H groups in total. The minimum absolute atomic E-state index is 0.368. The molecule has 0 aromatic heterocycles. The second-order valence-corrected chi connectivity index (χ2v) is 5.11. The van der Waals surface area contributed by atoms with Crippen molar-refractivity contribution in [2.75, 3.05) is 11.9 Å². The van der Waals surface area contributed by atoms with Gasteiger partial charge in [-0.3, -0.25) is 0 Å². The molecule has 0 unspecified atom stereocenters. The van der Waals surface area contributed by atoms with E-state index in [1.165, 1.54) is 38.5 Å². The number of hydrogen-bond acceptors (Lipinski definition) is 2. The van der Waals surface area contributed by atoms with Crippen molar-refractivity contribution in [2.24, 2.45) is 0 Å². The van der Waals surface area contributed by atoms with Gasteiger partial charge in [0.25, 0.3) is 0 Å². The zero-order chi connectivity index (χ0) is 13.0. The van der Waals surface area contributed by atoms with Crippen LogP contribution in [0.5, 0.6) is 0 Å². The van der Waals surface area contributed by atoms with Crippen LogP contribution in [0, 0.1) is 0 Å². The van der Waals surface area contributed by atoms with Crippen LogP contribution in [0.1, 0.15) is 48.9 Å². The van der Waals surface area contributed by atoms with Crippen LogP contribution in [-0.2, 0) is 0 Å². The average Bonchev–Trinajstić information content (AvgIpc) is 2.67. The fourth-order valence-electron chi connectivity index (χ4n) is 2.71. The number of aromatic carboxylic acids is 1. The molecule has 0 amide bonds. The zero-order valence-corrected chi connectivity index (χ0v) is 10.9. The Morgan fingerprint density at radius 1 is 1.22 bits per heavy atom. The van der Waals surface area contributed by atoms with Crippen molar-refractivity contribution in [2.45, 2.75) is 44.6 Å². The molecule has 1 fully saturated rings. The quantitative estimate of drug-likeness (QED) is 0.830. The first-order valence-corrected chi connectivity index (χ1v) is 6.74. The molecule has 0 atom stereocenters. The van der Waals surface area contributed by atoms with Crippen LogP contribution in [0.15, 0.2) is 24.3 Å². The summed E-state index contributed by atoms with van der Waals surface area (Å²) in [6, 6.07) is 7.79. The lowest BCUT2D eigenvalue weighted by atomic mass is 10.1. The number of anilines is 1. The second kappa shape index (κ2) is 5.89. The topological polar surface area (TPSA) is 40.5 Å². The van der Waals surface area contributed by atoms with Gasteiger partial charge in [-0.15, -0.1) is 0 Å². The van der Waals surface area contributed by atoms with Gasteiger partial charge >= 0.3 is 5.97 Å². The number of hydrogen-bond donors (Lipinski definition) is 1. The van der Waals surface area contributed by atoms with Gasteiger partial charge in [-0.25, -0.2) is 4.79 Å². The van der Waals surface area contributed by atoms with Crippen molar-refractivity contribution in [3.8, 4) is 0 Å². The SMILES string of the molecule is CN(c1cccc(C(=O)O)c1)C1CCCCCC1. The summed E-state index contributed by atoms with van der Waals surface area (Å²) < 4.78 is 0. The molecule has 1 aliphatic carbocycles. The van der Waals surface area contributed by atoms with E-state index in [1.807, 2.05) is 12.1 Å². The molecule has 2 rings (SSSR count). The first-order chi connectivity index (χ1) is 8.68. The number of carboxylic acid groups (broad SMARTS) is 1. The van der Waals surface area contributed by atoms with Crippen molar-refractivity contribution >= 4 is 11.7 Å². The molecule has 0 radical (unpaired) electrons. The molecule has 0 aliphatic heterocycles. The second-order valence-electron chi connectivity index (χ2n) is 5.11. The van der Waals surface area contributed by atoms with E-state index < -0.39 is 5.97 Å². The van der Waals surface area contributed by atoms with Crippen molar-refractivity contribution in [1.29, 1.82) is 0 Å². The zero-order valence-electron chi connectivity index (χ0n) is 10.9. The van der Waals surface area contributed by atoms with Crippen molar-refractivity contribution < 1.29 is 9.90 Å². The molecule has 1 aliphatic rings. The predicted molar refractivity (Wildman–Crippen MR) is 73.3 cm³/mol. The summed E-state index contributed by atoms with van der Waals surface area (Å²) in [5.74, 6) is -0.855. The molecule has 1 aromatic carbocycles. The summed E-state index contributed by atoms with van der Waals surface area (Å²) in [4.78, 5) is 13.2. The van der Waals surface area contributed by atoms with Gasteiger partial charge in [-0.1, -0.05) is 31.7 Å². The highest BCUT2D eigenvalue weighted by Gasteiger charge is 2.17. The molecule has 1 saturated carbocycles. The minimum Gasteiger partial charge on any atom is -0.478 e. The third-order valence-corrected chi connectivity index (χ3v) is 3.87. The Hall–Kier alpha value is -1.51. The summed E-state index contributed by atoms with van der Waals surface area (Å²) in [6.07, 6.45) is 7.67. The lowest BCUT2D eigenvalue weighted by molar-refractivity contribution is 0.0697. The largest absolute Gasteiger partial charge is 0.478 e. The van der Waals surface area contributed by atoms with Crippen LogP contribution in [0.2, 0.25) is 0 Å². The Labute approximate surface area is 108 Å². The third kappa shape index (κ3) is 3.03. The van der Waals surface area contributed by atoms with Crippen molar-refractivity contribution in [3.05, 3.63) is 29.8 Å². The Kier molecular flexibility index (Phi) is 4.24. The van der Waals surface area contributed by atoms with Gasteiger partial charge in [0.05, 0.1) is 5.56 Å². The monoisotopic (exact) mass is 247 g/mol. The maximum atomic E-state index is 11.0. The number of nitrogens with zero attached hydrogens (tertiary/aromatic N) is 1. The normalized spacial score (nSPS) is 17.2. The lowest BCUT2D eigenvalue weighted by Gasteiger charge is -2.29. The lowest BCUT2D eigenvalue weighted by Crippen LogP contribution is -2.31. The van der Waals surface area contributed by atoms with E-state index in [2.05, 4.69) is 11.9 Å². The number of carbonyl (C=O) groups is 1. The molecule has 0 heterocycles. The molecule has 0 spiro atoms. The Morgan fingerprint density at radius 2 is 1.89 bits per heavy atom. The highest BCUT2D eigenvalue weighted by Crippen LogP contribution is 2.25. The van der Waals surface area contributed by atoms with Gasteiger partial charge in [0.1, 0.15) is 0 Å². The van der Waals surface area contributed by atoms with Crippen LogP contribution in [0.25, 0.3) is 0 Å². The van der Waals surface area contributed by atoms with E-state index in [0.717, 1.165) is 5.69 Å². The summed E-state index contributed by atoms with van der Waals surface area (Å²) in [6.45, 7) is 0. The van der Waals surface area contributed by atoms with Gasteiger partial charge in [0.2, 0.25) is 0 Å². The molecular formula is C15H21NO2. The summed E-state index contributed by atoms with van der Waals surface area (Å²) in [5, 5.41) is 9.03. The van der Waals surface area contributed by atoms with Crippen LogP contribution in [-0.4, -0.2) is 24.2 Å². The first-order valence-electron chi connectivity index (χ1n) is 6.74. The summed E-state index contributed by atoms with van der Waals surface area (Å²) in [7, 11) is 2.08. The molecule has 3 nitrogen and oxygen atoms in total. The van der Waals surface area contributed by atoms with Gasteiger partial charge in [-0.2, -0.15) is 0 Å². The van der Waals surface area contributed by atoms with E-state index in [-0.39, 0.29) is 0 Å². The van der Waals surface area contributed by atoms with E-state index in [4.69, 9.17) is 5.11 Å². The van der Waals surface area contributed by atoms with Crippen molar-refractivity contribution in [3.63, 3.8) is 0 Å². The fraction of sp³-hybridized carbons (Fsp3) is 0.533. The molecule has 3 heteroatoms. The average molecular weight is 247 g/mol. The summed E-state index contributed by atoms with van der Waals surface area (Å²) >= 11 is 0. The van der Waals surface area contributed by atoms with Gasteiger partial charge in [0.15, 0.2) is 0 Å². The maximum absolute atomic E-state index is 11.0. The third-order valence-electron chi connectivity index (χ3n) is 3.87. The molecular weight excluding hydrogens is 226 g/mol. The van der Waals surface area contributed by atoms with Crippen molar-refractivity contribution in [1.82, 2.24) is 0 Å². The number of rotatable bonds is 3. The number of benzene rings is 1. The Morgan fingerprint density at radius 3 is 2.50 bits per heavy atom. The highest BCUT2D eigenvalue weighted by atomic mass is 16.4. The molecule has 0 bridgehead atoms. The van der Waals surface area contributed by atoms with Crippen LogP contribution in [0.3, 0.4) is 0 Å². The fourth-order valence-corrected chi connectivity index (χ4v) is 2.71. The van der Waals surface area contributed by atoms with Gasteiger partial charge in [0, 0.05) is 18.8 Å². The first kappa shape index (κ1) is 12.9.